The van der Waals surface area contributed by atoms with Crippen LogP contribution in [0.4, 0.5) is 0 Å². The van der Waals surface area contributed by atoms with Crippen molar-refractivity contribution in [1.82, 2.24) is 4.90 Å². The number of hydrogen-bond donors (Lipinski definition) is 2. The molecule has 0 saturated carbocycles. The molecule has 0 spiro atoms. The second-order valence-corrected chi connectivity index (χ2v) is 3.28. The van der Waals surface area contributed by atoms with Crippen molar-refractivity contribution < 1.29 is 24.6 Å². The van der Waals surface area contributed by atoms with Crippen LogP contribution in [0.3, 0.4) is 0 Å². The van der Waals surface area contributed by atoms with E-state index in [0.29, 0.717) is 6.54 Å². The summed E-state index contributed by atoms with van der Waals surface area (Å²) in [4.78, 5) is 28.5. The zero-order chi connectivity index (χ0) is 12.1. The zero-order valence-corrected chi connectivity index (χ0v) is 8.92. The maximum atomic E-state index is 11.8. The molecule has 1 amide bonds. The van der Waals surface area contributed by atoms with Gasteiger partial charge in [0, 0.05) is 19.5 Å². The molecule has 7 nitrogen and oxygen atoms in total. The fourth-order valence-electron chi connectivity index (χ4n) is 1.38. The van der Waals surface area contributed by atoms with Crippen LogP contribution in [0.15, 0.2) is 5.16 Å². The summed E-state index contributed by atoms with van der Waals surface area (Å²) in [5.74, 6) is -1.53. The minimum atomic E-state index is -1.18. The van der Waals surface area contributed by atoms with E-state index >= 15 is 0 Å². The lowest BCUT2D eigenvalue weighted by Gasteiger charge is -2.21. The van der Waals surface area contributed by atoms with Gasteiger partial charge in [0.25, 0.3) is 5.91 Å². The Morgan fingerprint density at radius 2 is 2.31 bits per heavy atom. The Morgan fingerprint density at radius 3 is 2.75 bits per heavy atom. The summed E-state index contributed by atoms with van der Waals surface area (Å²) in [6.07, 6.45) is -0.909. The number of carboxylic acids is 1. The van der Waals surface area contributed by atoms with Crippen molar-refractivity contribution in [3.05, 3.63) is 0 Å². The highest BCUT2D eigenvalue weighted by atomic mass is 16.6. The number of amides is 1. The Balaban J connectivity index is 2.55. The van der Waals surface area contributed by atoms with Crippen LogP contribution in [0, 0.1) is 0 Å². The Hall–Kier alpha value is -1.63. The number of carbonyl (C=O) groups excluding carboxylic acids is 1. The van der Waals surface area contributed by atoms with Crippen LogP contribution < -0.4 is 0 Å². The van der Waals surface area contributed by atoms with E-state index in [1.165, 1.54) is 4.90 Å². The van der Waals surface area contributed by atoms with Crippen molar-refractivity contribution in [1.29, 1.82) is 0 Å². The summed E-state index contributed by atoms with van der Waals surface area (Å²) in [6.45, 7) is 2.26. The number of oxime groups is 1. The van der Waals surface area contributed by atoms with Gasteiger partial charge < -0.3 is 20.0 Å². The monoisotopic (exact) mass is 230 g/mol. The molecule has 0 aromatic rings. The second kappa shape index (κ2) is 5.45. The Kier molecular flexibility index (Phi) is 4.24. The summed E-state index contributed by atoms with van der Waals surface area (Å²) in [5.41, 5.74) is -0.154. The summed E-state index contributed by atoms with van der Waals surface area (Å²) in [7, 11) is 0. The molecule has 1 heterocycles. The van der Waals surface area contributed by atoms with Gasteiger partial charge in [-0.05, 0) is 6.92 Å². The van der Waals surface area contributed by atoms with Crippen LogP contribution >= 0.6 is 0 Å². The topological polar surface area (TPSA) is 99.4 Å². The first-order chi connectivity index (χ1) is 7.60. The lowest BCUT2D eigenvalue weighted by Crippen LogP contribution is -2.41. The van der Waals surface area contributed by atoms with E-state index in [4.69, 9.17) is 15.1 Å². The number of rotatable bonds is 5. The van der Waals surface area contributed by atoms with Gasteiger partial charge in [0.05, 0.1) is 6.61 Å². The third kappa shape index (κ3) is 2.69. The van der Waals surface area contributed by atoms with E-state index in [1.54, 1.807) is 6.92 Å². The standard InChI is InChI=1S/C9H14N2O5/c1-2-11(3-4-12)8(13)7-5-6(9(14)15)10-16-7/h7,12H,2-5H2,1H3,(H,14,15). The fourth-order valence-corrected chi connectivity index (χ4v) is 1.38. The lowest BCUT2D eigenvalue weighted by atomic mass is 10.1. The Labute approximate surface area is 92.3 Å². The smallest absolute Gasteiger partial charge is 0.353 e. The normalized spacial score (nSPS) is 18.9. The molecule has 0 aromatic heterocycles. The second-order valence-electron chi connectivity index (χ2n) is 3.28. The van der Waals surface area contributed by atoms with E-state index in [-0.39, 0.29) is 31.2 Å². The van der Waals surface area contributed by atoms with Crippen molar-refractivity contribution in [2.75, 3.05) is 19.7 Å². The van der Waals surface area contributed by atoms with Gasteiger partial charge in [0.1, 0.15) is 0 Å². The third-order valence-electron chi connectivity index (χ3n) is 2.25. The third-order valence-corrected chi connectivity index (χ3v) is 2.25. The van der Waals surface area contributed by atoms with E-state index in [1.807, 2.05) is 0 Å². The predicted molar refractivity (Wildman–Crippen MR) is 53.9 cm³/mol. The molecule has 1 rings (SSSR count). The minimum Gasteiger partial charge on any atom is -0.477 e. The van der Waals surface area contributed by atoms with Crippen LogP contribution in [0.25, 0.3) is 0 Å². The molecule has 0 aromatic carbocycles. The minimum absolute atomic E-state index is 0.0317. The Morgan fingerprint density at radius 1 is 1.62 bits per heavy atom. The van der Waals surface area contributed by atoms with E-state index in [0.717, 1.165) is 0 Å². The molecule has 1 aliphatic heterocycles. The first kappa shape index (κ1) is 12.4. The number of aliphatic hydroxyl groups is 1. The molecule has 16 heavy (non-hydrogen) atoms. The molecule has 7 heteroatoms. The molecular formula is C9H14N2O5. The molecule has 0 radical (unpaired) electrons. The predicted octanol–water partition coefficient (Wildman–Crippen LogP) is -0.943. The number of carbonyl (C=O) groups is 2. The molecule has 2 N–H and O–H groups in total. The van der Waals surface area contributed by atoms with Gasteiger partial charge in [-0.3, -0.25) is 4.79 Å². The summed E-state index contributed by atoms with van der Waals surface area (Å²) in [6, 6.07) is 0. The molecular weight excluding hydrogens is 216 g/mol. The van der Waals surface area contributed by atoms with Gasteiger partial charge in [0.2, 0.25) is 6.10 Å². The maximum absolute atomic E-state index is 11.8. The quantitative estimate of drug-likeness (QED) is 0.634. The number of likely N-dealkylation sites (N-methyl/N-ethyl adjacent to an activating group) is 1. The van der Waals surface area contributed by atoms with Crippen molar-refractivity contribution in [2.24, 2.45) is 5.16 Å². The van der Waals surface area contributed by atoms with Gasteiger partial charge in [-0.25, -0.2) is 4.79 Å². The van der Waals surface area contributed by atoms with Gasteiger partial charge in [0.15, 0.2) is 5.71 Å². The summed E-state index contributed by atoms with van der Waals surface area (Å²) >= 11 is 0. The lowest BCUT2D eigenvalue weighted by molar-refractivity contribution is -0.142. The van der Waals surface area contributed by atoms with Crippen LogP contribution in [-0.2, 0) is 14.4 Å². The molecule has 0 saturated heterocycles. The Bertz CT molecular complexity index is 315. The first-order valence-electron chi connectivity index (χ1n) is 4.95. The van der Waals surface area contributed by atoms with Crippen molar-refractivity contribution >= 4 is 17.6 Å². The summed E-state index contributed by atoms with van der Waals surface area (Å²) < 4.78 is 0. The highest BCUT2D eigenvalue weighted by Crippen LogP contribution is 2.13. The molecule has 1 aliphatic rings. The first-order valence-corrected chi connectivity index (χ1v) is 4.95. The van der Waals surface area contributed by atoms with Gasteiger partial charge in [-0.2, -0.15) is 0 Å². The van der Waals surface area contributed by atoms with Crippen LogP contribution in [0.5, 0.6) is 0 Å². The number of nitrogens with zero attached hydrogens (tertiary/aromatic N) is 2. The number of carboxylic acid groups (broad SMARTS) is 1. The SMILES string of the molecule is CCN(CCO)C(=O)C1CC(C(=O)O)=NO1. The molecule has 90 valence electrons. The van der Waals surface area contributed by atoms with Gasteiger partial charge in [-0.15, -0.1) is 0 Å². The average molecular weight is 230 g/mol. The molecule has 0 bridgehead atoms. The molecule has 0 aliphatic carbocycles. The molecule has 1 unspecified atom stereocenters. The van der Waals surface area contributed by atoms with Crippen LogP contribution in [0.2, 0.25) is 0 Å². The number of aliphatic carboxylic acids is 1. The van der Waals surface area contributed by atoms with Crippen molar-refractivity contribution in [2.45, 2.75) is 19.4 Å². The fraction of sp³-hybridized carbons (Fsp3) is 0.667. The van der Waals surface area contributed by atoms with Crippen LogP contribution in [-0.4, -0.2) is 58.5 Å². The molecule has 1 atom stereocenters. The van der Waals surface area contributed by atoms with Crippen molar-refractivity contribution in [3.63, 3.8) is 0 Å². The largest absolute Gasteiger partial charge is 0.477 e. The summed E-state index contributed by atoms with van der Waals surface area (Å²) in [5, 5.41) is 20.7. The molecule has 0 fully saturated rings. The van der Waals surface area contributed by atoms with Crippen molar-refractivity contribution in [3.8, 4) is 0 Å². The maximum Gasteiger partial charge on any atom is 0.353 e. The zero-order valence-electron chi connectivity index (χ0n) is 8.92. The number of hydrogen-bond acceptors (Lipinski definition) is 5. The van der Waals surface area contributed by atoms with E-state index < -0.39 is 12.1 Å². The van der Waals surface area contributed by atoms with Crippen LogP contribution in [0.1, 0.15) is 13.3 Å². The van der Waals surface area contributed by atoms with E-state index in [9.17, 15) is 9.59 Å². The van der Waals surface area contributed by atoms with Gasteiger partial charge in [-0.1, -0.05) is 5.16 Å². The highest BCUT2D eigenvalue weighted by molar-refractivity contribution is 6.36. The number of aliphatic hydroxyl groups excluding tert-OH is 1. The highest BCUT2D eigenvalue weighted by Gasteiger charge is 2.33. The average Bonchev–Trinajstić information content (AvgIpc) is 2.74. The van der Waals surface area contributed by atoms with E-state index in [2.05, 4.69) is 5.16 Å². The van der Waals surface area contributed by atoms with Gasteiger partial charge >= 0.3 is 5.97 Å².